The summed E-state index contributed by atoms with van der Waals surface area (Å²) in [4.78, 5) is 1.25. The van der Waals surface area contributed by atoms with Gasteiger partial charge in [0.25, 0.3) is 0 Å². The summed E-state index contributed by atoms with van der Waals surface area (Å²) in [6.07, 6.45) is 7.32. The summed E-state index contributed by atoms with van der Waals surface area (Å²) in [5.41, 5.74) is 0. The smallest absolute Gasteiger partial charge is 0.119 e. The van der Waals surface area contributed by atoms with Crippen molar-refractivity contribution in [2.24, 2.45) is 0 Å². The van der Waals surface area contributed by atoms with E-state index < -0.39 is 6.10 Å². The second-order valence-electron chi connectivity index (χ2n) is 6.57. The fraction of sp³-hybridized carbons (Fsp3) is 0.700. The van der Waals surface area contributed by atoms with Crippen LogP contribution in [0, 0.1) is 0 Å². The molecule has 0 aliphatic carbocycles. The van der Waals surface area contributed by atoms with Crippen LogP contribution in [-0.2, 0) is 0 Å². The number of unbranched alkanes of at least 4 members (excludes halogenated alkanes) is 5. The van der Waals surface area contributed by atoms with E-state index in [0.29, 0.717) is 18.4 Å². The maximum atomic E-state index is 9.97. The Morgan fingerprint density at radius 1 is 1.04 bits per heavy atom. The van der Waals surface area contributed by atoms with Crippen LogP contribution in [0.3, 0.4) is 0 Å². The zero-order chi connectivity index (χ0) is 17.6. The number of aliphatic hydroxyl groups excluding tert-OH is 1. The minimum atomic E-state index is -0.463. The molecule has 1 rings (SSSR count). The van der Waals surface area contributed by atoms with E-state index >= 15 is 0 Å². The molecule has 0 bridgehead atoms. The highest BCUT2D eigenvalue weighted by atomic mass is 32.2. The van der Waals surface area contributed by atoms with Gasteiger partial charge in [-0.1, -0.05) is 52.9 Å². The molecule has 138 valence electrons. The summed E-state index contributed by atoms with van der Waals surface area (Å²) < 4.78 is 5.65. The average molecular weight is 354 g/mol. The lowest BCUT2D eigenvalue weighted by molar-refractivity contribution is 0.106. The Morgan fingerprint density at radius 2 is 1.71 bits per heavy atom. The first-order valence-corrected chi connectivity index (χ1v) is 10.3. The third-order valence-corrected chi connectivity index (χ3v) is 4.74. The fourth-order valence-electron chi connectivity index (χ4n) is 2.44. The Morgan fingerprint density at radius 3 is 2.38 bits per heavy atom. The van der Waals surface area contributed by atoms with Crippen LogP contribution in [0.15, 0.2) is 29.2 Å². The summed E-state index contributed by atoms with van der Waals surface area (Å²) in [5, 5.41) is 13.9. The minimum Gasteiger partial charge on any atom is -0.491 e. The van der Waals surface area contributed by atoms with Crippen molar-refractivity contribution in [1.82, 2.24) is 5.32 Å². The van der Waals surface area contributed by atoms with Gasteiger partial charge in [0.05, 0.1) is 0 Å². The van der Waals surface area contributed by atoms with Crippen molar-refractivity contribution < 1.29 is 9.84 Å². The van der Waals surface area contributed by atoms with Crippen molar-refractivity contribution in [3.8, 4) is 5.75 Å². The van der Waals surface area contributed by atoms with Gasteiger partial charge in [0.2, 0.25) is 0 Å². The molecule has 4 heteroatoms. The Kier molecular flexibility index (Phi) is 12.1. The Hall–Kier alpha value is -0.710. The van der Waals surface area contributed by atoms with Crippen molar-refractivity contribution in [3.05, 3.63) is 24.3 Å². The zero-order valence-electron chi connectivity index (χ0n) is 15.6. The molecule has 1 aromatic rings. The maximum Gasteiger partial charge on any atom is 0.119 e. The van der Waals surface area contributed by atoms with Crippen molar-refractivity contribution in [2.45, 2.75) is 75.5 Å². The largest absolute Gasteiger partial charge is 0.491 e. The third-order valence-electron chi connectivity index (χ3n) is 3.72. The van der Waals surface area contributed by atoms with E-state index in [9.17, 15) is 5.11 Å². The number of benzene rings is 1. The van der Waals surface area contributed by atoms with E-state index in [-0.39, 0.29) is 0 Å². The van der Waals surface area contributed by atoms with Crippen molar-refractivity contribution >= 4 is 11.8 Å². The molecule has 1 aromatic carbocycles. The fourth-order valence-corrected chi connectivity index (χ4v) is 3.27. The number of hydrogen-bond acceptors (Lipinski definition) is 4. The maximum absolute atomic E-state index is 9.97. The first-order chi connectivity index (χ1) is 11.6. The molecular formula is C20H35NO2S. The number of thioether (sulfide) groups is 1. The van der Waals surface area contributed by atoms with Gasteiger partial charge in [0.15, 0.2) is 0 Å². The zero-order valence-corrected chi connectivity index (χ0v) is 16.4. The Balaban J connectivity index is 2.06. The van der Waals surface area contributed by atoms with Gasteiger partial charge in [-0.2, -0.15) is 0 Å². The van der Waals surface area contributed by atoms with Gasteiger partial charge in [-0.25, -0.2) is 0 Å². The molecule has 2 N–H and O–H groups in total. The number of hydrogen-bond donors (Lipinski definition) is 2. The van der Waals surface area contributed by atoms with Crippen LogP contribution in [-0.4, -0.2) is 36.2 Å². The normalized spacial score (nSPS) is 12.5. The molecule has 0 aliphatic heterocycles. The highest BCUT2D eigenvalue weighted by molar-refractivity contribution is 7.99. The lowest BCUT2D eigenvalue weighted by Crippen LogP contribution is -2.32. The molecule has 24 heavy (non-hydrogen) atoms. The van der Waals surface area contributed by atoms with E-state index in [1.165, 1.54) is 43.4 Å². The lowest BCUT2D eigenvalue weighted by Gasteiger charge is -2.14. The highest BCUT2D eigenvalue weighted by Gasteiger charge is 2.05. The average Bonchev–Trinajstić information content (AvgIpc) is 2.56. The second-order valence-corrected chi connectivity index (χ2v) is 8.22. The quantitative estimate of drug-likeness (QED) is 0.369. The molecule has 0 fully saturated rings. The molecule has 0 heterocycles. The molecule has 0 aromatic heterocycles. The first kappa shape index (κ1) is 21.3. The van der Waals surface area contributed by atoms with Gasteiger partial charge < -0.3 is 15.2 Å². The van der Waals surface area contributed by atoms with Crippen LogP contribution >= 0.6 is 11.8 Å². The van der Waals surface area contributed by atoms with Gasteiger partial charge in [0.1, 0.15) is 18.5 Å². The number of ether oxygens (including phenoxy) is 1. The third kappa shape index (κ3) is 11.0. The Bertz CT molecular complexity index is 409. The van der Waals surface area contributed by atoms with Crippen molar-refractivity contribution in [3.63, 3.8) is 0 Å². The van der Waals surface area contributed by atoms with Crippen LogP contribution in [0.2, 0.25) is 0 Å². The molecule has 0 radical (unpaired) electrons. The van der Waals surface area contributed by atoms with E-state index in [1.807, 2.05) is 23.9 Å². The van der Waals surface area contributed by atoms with E-state index in [2.05, 4.69) is 38.2 Å². The van der Waals surface area contributed by atoms with Crippen LogP contribution < -0.4 is 10.1 Å². The standard InChI is InChI=1S/C20H35NO2S/c1-4-5-6-7-8-9-14-21-15-18(22)16-23-19-10-12-20(13-11-19)24-17(2)3/h10-13,17-18,21-22H,4-9,14-16H2,1-3H3. The summed E-state index contributed by atoms with van der Waals surface area (Å²) in [6.45, 7) is 8.51. The first-order valence-electron chi connectivity index (χ1n) is 9.40. The van der Waals surface area contributed by atoms with Gasteiger partial charge in [0, 0.05) is 16.7 Å². The summed E-state index contributed by atoms with van der Waals surface area (Å²) in [6, 6.07) is 8.09. The van der Waals surface area contributed by atoms with Gasteiger partial charge >= 0.3 is 0 Å². The van der Waals surface area contributed by atoms with Crippen LogP contribution in [0.25, 0.3) is 0 Å². The topological polar surface area (TPSA) is 41.5 Å². The van der Waals surface area contributed by atoms with Crippen molar-refractivity contribution in [1.29, 1.82) is 0 Å². The number of aliphatic hydroxyl groups is 1. The number of rotatable bonds is 14. The van der Waals surface area contributed by atoms with Crippen LogP contribution in [0.1, 0.15) is 59.3 Å². The number of nitrogens with one attached hydrogen (secondary N) is 1. The second kappa shape index (κ2) is 13.6. The van der Waals surface area contributed by atoms with Crippen LogP contribution in [0.5, 0.6) is 5.75 Å². The molecular weight excluding hydrogens is 318 g/mol. The minimum absolute atomic E-state index is 0.334. The molecule has 1 unspecified atom stereocenters. The molecule has 0 aliphatic rings. The molecule has 0 amide bonds. The van der Waals surface area contributed by atoms with E-state index in [4.69, 9.17) is 4.74 Å². The van der Waals surface area contributed by atoms with Gasteiger partial charge in [-0.05, 0) is 37.2 Å². The SMILES string of the molecule is CCCCCCCCNCC(O)COc1ccc(SC(C)C)cc1. The Labute approximate surface area is 152 Å². The summed E-state index contributed by atoms with van der Waals surface area (Å²) >= 11 is 1.84. The van der Waals surface area contributed by atoms with Gasteiger partial charge in [-0.15, -0.1) is 11.8 Å². The molecule has 3 nitrogen and oxygen atoms in total. The molecule has 0 spiro atoms. The predicted octanol–water partition coefficient (Wildman–Crippen LogP) is 4.88. The van der Waals surface area contributed by atoms with Crippen molar-refractivity contribution in [2.75, 3.05) is 19.7 Å². The highest BCUT2D eigenvalue weighted by Crippen LogP contribution is 2.24. The van der Waals surface area contributed by atoms with E-state index in [1.54, 1.807) is 0 Å². The van der Waals surface area contributed by atoms with Gasteiger partial charge in [-0.3, -0.25) is 0 Å². The van der Waals surface area contributed by atoms with E-state index in [0.717, 1.165) is 12.3 Å². The predicted molar refractivity (Wildman–Crippen MR) is 105 cm³/mol. The van der Waals surface area contributed by atoms with Crippen LogP contribution in [0.4, 0.5) is 0 Å². The molecule has 1 atom stereocenters. The summed E-state index contributed by atoms with van der Waals surface area (Å²) in [5.74, 6) is 0.818. The summed E-state index contributed by atoms with van der Waals surface area (Å²) in [7, 11) is 0. The molecule has 0 saturated heterocycles. The molecule has 0 saturated carbocycles. The monoisotopic (exact) mass is 353 g/mol. The lowest BCUT2D eigenvalue weighted by atomic mass is 10.1.